The van der Waals surface area contributed by atoms with Gasteiger partial charge in [-0.05, 0) is 42.5 Å². The molecule has 84 valence electrons. The summed E-state index contributed by atoms with van der Waals surface area (Å²) in [4.78, 5) is 0. The highest BCUT2D eigenvalue weighted by atomic mass is 35.5. The quantitative estimate of drug-likeness (QED) is 0.841. The first-order chi connectivity index (χ1) is 7.10. The van der Waals surface area contributed by atoms with Crippen molar-refractivity contribution in [2.24, 2.45) is 5.73 Å². The molecule has 2 N–H and O–H groups in total. The molecular weight excluding hydrogens is 213 g/mol. The molecule has 1 aromatic carbocycles. The van der Waals surface area contributed by atoms with Crippen LogP contribution in [0.3, 0.4) is 0 Å². The average Bonchev–Trinajstić information content (AvgIpc) is 2.22. The first-order valence-corrected chi connectivity index (χ1v) is 5.65. The summed E-state index contributed by atoms with van der Waals surface area (Å²) in [6.07, 6.45) is 1.61. The van der Waals surface area contributed by atoms with Crippen molar-refractivity contribution in [3.63, 3.8) is 0 Å². The number of rotatable bonds is 4. The lowest BCUT2D eigenvalue weighted by Crippen LogP contribution is -2.05. The van der Waals surface area contributed by atoms with Gasteiger partial charge in [-0.25, -0.2) is 4.39 Å². The zero-order valence-electron chi connectivity index (χ0n) is 9.19. The summed E-state index contributed by atoms with van der Waals surface area (Å²) in [5, 5.41) is 0.251. The number of benzene rings is 1. The standard InChI is InChI=1S/C12H17ClFN/c1-3-9-6-10(8(2)4-5-15)7-11(14)12(9)13/h6-8H,3-5,15H2,1-2H3. The number of nitrogens with two attached hydrogens (primary N) is 1. The van der Waals surface area contributed by atoms with Crippen LogP contribution in [0.15, 0.2) is 12.1 Å². The van der Waals surface area contributed by atoms with Gasteiger partial charge in [0, 0.05) is 0 Å². The molecule has 1 rings (SSSR count). The highest BCUT2D eigenvalue weighted by molar-refractivity contribution is 6.31. The van der Waals surface area contributed by atoms with Crippen LogP contribution in [-0.4, -0.2) is 6.54 Å². The fourth-order valence-electron chi connectivity index (χ4n) is 1.63. The number of hydrogen-bond acceptors (Lipinski definition) is 1. The van der Waals surface area contributed by atoms with Crippen molar-refractivity contribution in [3.05, 3.63) is 34.1 Å². The van der Waals surface area contributed by atoms with E-state index in [4.69, 9.17) is 17.3 Å². The van der Waals surface area contributed by atoms with E-state index in [-0.39, 0.29) is 16.8 Å². The van der Waals surface area contributed by atoms with Crippen LogP contribution >= 0.6 is 11.6 Å². The van der Waals surface area contributed by atoms with Crippen LogP contribution in [0.25, 0.3) is 0 Å². The van der Waals surface area contributed by atoms with Gasteiger partial charge in [0.1, 0.15) is 5.82 Å². The van der Waals surface area contributed by atoms with Gasteiger partial charge < -0.3 is 5.73 Å². The van der Waals surface area contributed by atoms with Crippen LogP contribution in [0.1, 0.15) is 37.3 Å². The van der Waals surface area contributed by atoms with Crippen molar-refractivity contribution in [2.45, 2.75) is 32.6 Å². The van der Waals surface area contributed by atoms with Crippen molar-refractivity contribution in [2.75, 3.05) is 6.54 Å². The Kier molecular flexibility index (Phi) is 4.55. The number of halogens is 2. The summed E-state index contributed by atoms with van der Waals surface area (Å²) < 4.78 is 13.5. The van der Waals surface area contributed by atoms with E-state index in [1.807, 2.05) is 13.0 Å². The second-order valence-corrected chi connectivity index (χ2v) is 4.19. The van der Waals surface area contributed by atoms with Crippen LogP contribution < -0.4 is 5.73 Å². The fraction of sp³-hybridized carbons (Fsp3) is 0.500. The highest BCUT2D eigenvalue weighted by Crippen LogP contribution is 2.27. The third kappa shape index (κ3) is 2.93. The Hall–Kier alpha value is -0.600. The molecule has 0 amide bonds. The van der Waals surface area contributed by atoms with Crippen LogP contribution in [0.2, 0.25) is 5.02 Å². The molecule has 0 heterocycles. The van der Waals surface area contributed by atoms with Crippen molar-refractivity contribution < 1.29 is 4.39 Å². The number of hydrogen-bond donors (Lipinski definition) is 1. The molecule has 15 heavy (non-hydrogen) atoms. The van der Waals surface area contributed by atoms with E-state index in [9.17, 15) is 4.39 Å². The smallest absolute Gasteiger partial charge is 0.142 e. The molecule has 0 aliphatic heterocycles. The Morgan fingerprint density at radius 3 is 2.67 bits per heavy atom. The molecule has 3 heteroatoms. The lowest BCUT2D eigenvalue weighted by molar-refractivity contribution is 0.614. The predicted molar refractivity (Wildman–Crippen MR) is 62.9 cm³/mol. The summed E-state index contributed by atoms with van der Waals surface area (Å²) in [5.74, 6) is -0.0399. The van der Waals surface area contributed by atoms with E-state index in [1.165, 1.54) is 6.07 Å². The second-order valence-electron chi connectivity index (χ2n) is 3.81. The van der Waals surface area contributed by atoms with Gasteiger partial charge in [-0.2, -0.15) is 0 Å². The van der Waals surface area contributed by atoms with Gasteiger partial charge >= 0.3 is 0 Å². The highest BCUT2D eigenvalue weighted by Gasteiger charge is 2.11. The van der Waals surface area contributed by atoms with E-state index in [0.29, 0.717) is 6.54 Å². The van der Waals surface area contributed by atoms with Crippen molar-refractivity contribution >= 4 is 11.6 Å². The van der Waals surface area contributed by atoms with Crippen LogP contribution in [0, 0.1) is 5.82 Å². The Morgan fingerprint density at radius 1 is 1.47 bits per heavy atom. The molecule has 1 nitrogen and oxygen atoms in total. The minimum absolute atomic E-state index is 0.251. The van der Waals surface area contributed by atoms with E-state index in [1.54, 1.807) is 0 Å². The maximum absolute atomic E-state index is 13.5. The molecule has 0 aromatic heterocycles. The van der Waals surface area contributed by atoms with Gasteiger partial charge in [0.15, 0.2) is 0 Å². The zero-order chi connectivity index (χ0) is 11.4. The van der Waals surface area contributed by atoms with Crippen LogP contribution in [-0.2, 0) is 6.42 Å². The first-order valence-electron chi connectivity index (χ1n) is 5.28. The Balaban J connectivity index is 3.05. The third-order valence-corrected chi connectivity index (χ3v) is 3.10. The molecule has 1 unspecified atom stereocenters. The largest absolute Gasteiger partial charge is 0.330 e. The van der Waals surface area contributed by atoms with E-state index >= 15 is 0 Å². The maximum Gasteiger partial charge on any atom is 0.142 e. The van der Waals surface area contributed by atoms with Gasteiger partial charge in [-0.15, -0.1) is 0 Å². The molecule has 0 spiro atoms. The molecule has 1 atom stereocenters. The molecule has 0 bridgehead atoms. The molecule has 0 fully saturated rings. The van der Waals surface area contributed by atoms with Gasteiger partial charge in [0.05, 0.1) is 5.02 Å². The van der Waals surface area contributed by atoms with Crippen molar-refractivity contribution in [1.29, 1.82) is 0 Å². The Labute approximate surface area is 95.4 Å². The second kappa shape index (κ2) is 5.47. The third-order valence-electron chi connectivity index (χ3n) is 2.68. The minimum Gasteiger partial charge on any atom is -0.330 e. The Morgan fingerprint density at radius 2 is 2.13 bits per heavy atom. The maximum atomic E-state index is 13.5. The zero-order valence-corrected chi connectivity index (χ0v) is 9.94. The normalized spacial score (nSPS) is 12.9. The van der Waals surface area contributed by atoms with E-state index in [2.05, 4.69) is 6.92 Å². The molecule has 1 aromatic rings. The number of aryl methyl sites for hydroxylation is 1. The summed E-state index contributed by atoms with van der Waals surface area (Å²) >= 11 is 5.85. The van der Waals surface area contributed by atoms with Crippen molar-refractivity contribution in [3.8, 4) is 0 Å². The van der Waals surface area contributed by atoms with E-state index < -0.39 is 0 Å². The Bertz CT molecular complexity index is 339. The lowest BCUT2D eigenvalue weighted by Gasteiger charge is -2.13. The summed E-state index contributed by atoms with van der Waals surface area (Å²) in [5.41, 5.74) is 7.34. The van der Waals surface area contributed by atoms with Crippen LogP contribution in [0.5, 0.6) is 0 Å². The molecule has 0 radical (unpaired) electrons. The summed E-state index contributed by atoms with van der Waals surface area (Å²) in [7, 11) is 0. The first kappa shape index (κ1) is 12.5. The minimum atomic E-state index is -0.324. The lowest BCUT2D eigenvalue weighted by atomic mass is 9.95. The molecular formula is C12H17ClFN. The van der Waals surface area contributed by atoms with Gasteiger partial charge in [0.25, 0.3) is 0 Å². The topological polar surface area (TPSA) is 26.0 Å². The fourth-order valence-corrected chi connectivity index (χ4v) is 1.87. The molecule has 0 saturated carbocycles. The van der Waals surface area contributed by atoms with Crippen molar-refractivity contribution in [1.82, 2.24) is 0 Å². The molecule has 0 aliphatic rings. The van der Waals surface area contributed by atoms with Crippen LogP contribution in [0.4, 0.5) is 4.39 Å². The predicted octanol–water partition coefficient (Wildman–Crippen LogP) is 3.49. The van der Waals surface area contributed by atoms with Gasteiger partial charge in [-0.3, -0.25) is 0 Å². The summed E-state index contributed by atoms with van der Waals surface area (Å²) in [6.45, 7) is 4.64. The monoisotopic (exact) mass is 229 g/mol. The average molecular weight is 230 g/mol. The van der Waals surface area contributed by atoms with E-state index in [0.717, 1.165) is 24.0 Å². The van der Waals surface area contributed by atoms with Gasteiger partial charge in [0.2, 0.25) is 0 Å². The molecule has 0 aliphatic carbocycles. The molecule has 0 saturated heterocycles. The SMILES string of the molecule is CCc1cc(C(C)CCN)cc(F)c1Cl. The van der Waals surface area contributed by atoms with Gasteiger partial charge in [-0.1, -0.05) is 31.5 Å². The summed E-state index contributed by atoms with van der Waals surface area (Å²) in [6, 6.07) is 3.49.